The van der Waals surface area contributed by atoms with Gasteiger partial charge in [0.2, 0.25) is 0 Å². The van der Waals surface area contributed by atoms with Crippen LogP contribution in [-0.2, 0) is 0 Å². The minimum Gasteiger partial charge on any atom is -0.486 e. The van der Waals surface area contributed by atoms with E-state index in [1.54, 1.807) is 47.5 Å². The number of hydrogen-bond donors (Lipinski definition) is 0. The number of pyridine rings is 1. The predicted octanol–water partition coefficient (Wildman–Crippen LogP) is 4.24. The van der Waals surface area contributed by atoms with E-state index in [-0.39, 0.29) is 11.9 Å². The first-order valence-corrected chi connectivity index (χ1v) is 12.7. The third-order valence-electron chi connectivity index (χ3n) is 6.76. The summed E-state index contributed by atoms with van der Waals surface area (Å²) in [6, 6.07) is 18.4. The summed E-state index contributed by atoms with van der Waals surface area (Å²) in [6.45, 7) is 7.10. The van der Waals surface area contributed by atoms with Crippen LogP contribution >= 0.6 is 11.6 Å². The molecule has 3 aromatic rings. The van der Waals surface area contributed by atoms with Crippen LogP contribution in [0.4, 0.5) is 11.5 Å². The maximum atomic E-state index is 13.5. The van der Waals surface area contributed by atoms with Gasteiger partial charge in [-0.15, -0.1) is 0 Å². The number of amides is 1. The number of nitriles is 1. The Kier molecular flexibility index (Phi) is 7.45. The lowest BCUT2D eigenvalue weighted by molar-refractivity contribution is 0.0973. The number of nitrogens with zero attached hydrogens (tertiary/aromatic N) is 5. The summed E-state index contributed by atoms with van der Waals surface area (Å²) in [5.74, 6) is 1.99. The molecular formula is C28H28ClN5O3. The second kappa shape index (κ2) is 11.1. The first kappa shape index (κ1) is 24.9. The molecule has 5 rings (SSSR count). The second-order valence-corrected chi connectivity index (χ2v) is 9.55. The molecule has 2 aromatic carbocycles. The van der Waals surface area contributed by atoms with Gasteiger partial charge in [-0.25, -0.2) is 4.98 Å². The zero-order valence-corrected chi connectivity index (χ0v) is 21.4. The third kappa shape index (κ3) is 5.48. The number of aromatic nitrogens is 1. The molecule has 2 aliphatic rings. The van der Waals surface area contributed by atoms with Crippen molar-refractivity contribution >= 4 is 29.0 Å². The Balaban J connectivity index is 1.29. The van der Waals surface area contributed by atoms with Crippen molar-refractivity contribution < 1.29 is 14.3 Å². The van der Waals surface area contributed by atoms with Gasteiger partial charge in [0.05, 0.1) is 22.3 Å². The lowest BCUT2D eigenvalue weighted by atomic mass is 10.1. The molecule has 0 saturated carbocycles. The smallest absolute Gasteiger partial charge is 0.259 e. The molecule has 0 N–H and O–H groups in total. The fourth-order valence-corrected chi connectivity index (χ4v) is 4.85. The molecule has 2 aliphatic heterocycles. The SMILES string of the molecule is C[C@H](CN(C(=O)c1ccc(C#N)cc1)c1ccc(Cl)cn1)N1CCN(c2cccc3c2OCCO3)CC1. The molecule has 0 spiro atoms. The highest BCUT2D eigenvalue weighted by Gasteiger charge is 2.28. The van der Waals surface area contributed by atoms with Crippen molar-refractivity contribution in [3.63, 3.8) is 0 Å². The largest absolute Gasteiger partial charge is 0.486 e. The molecule has 1 saturated heterocycles. The van der Waals surface area contributed by atoms with Crippen molar-refractivity contribution in [2.24, 2.45) is 0 Å². The van der Waals surface area contributed by atoms with Crippen LogP contribution in [0.2, 0.25) is 5.02 Å². The number of anilines is 2. The summed E-state index contributed by atoms with van der Waals surface area (Å²) >= 11 is 6.06. The minimum atomic E-state index is -0.169. The average molecular weight is 518 g/mol. The van der Waals surface area contributed by atoms with Gasteiger partial charge in [0, 0.05) is 50.5 Å². The van der Waals surface area contributed by atoms with Gasteiger partial charge in [-0.2, -0.15) is 5.26 Å². The van der Waals surface area contributed by atoms with E-state index in [2.05, 4.69) is 33.8 Å². The number of fused-ring (bicyclic) bond motifs is 1. The van der Waals surface area contributed by atoms with Crippen LogP contribution < -0.4 is 19.3 Å². The Labute approximate surface area is 221 Å². The third-order valence-corrected chi connectivity index (χ3v) is 6.99. The molecule has 37 heavy (non-hydrogen) atoms. The number of rotatable bonds is 6. The van der Waals surface area contributed by atoms with Gasteiger partial charge >= 0.3 is 0 Å². The van der Waals surface area contributed by atoms with E-state index in [0.29, 0.717) is 41.7 Å². The van der Waals surface area contributed by atoms with Crippen LogP contribution in [0.5, 0.6) is 11.5 Å². The van der Waals surface area contributed by atoms with Gasteiger partial charge in [0.1, 0.15) is 19.0 Å². The Morgan fingerprint density at radius 3 is 2.54 bits per heavy atom. The molecule has 190 valence electrons. The number of hydrogen-bond acceptors (Lipinski definition) is 7. The van der Waals surface area contributed by atoms with Crippen LogP contribution in [0.25, 0.3) is 0 Å². The van der Waals surface area contributed by atoms with Crippen LogP contribution in [0, 0.1) is 11.3 Å². The summed E-state index contributed by atoms with van der Waals surface area (Å²) in [4.78, 5) is 24.4. The Hall–Kier alpha value is -3.80. The average Bonchev–Trinajstić information content (AvgIpc) is 2.96. The number of benzene rings is 2. The number of carbonyl (C=O) groups is 1. The summed E-state index contributed by atoms with van der Waals surface area (Å²) in [5, 5.41) is 9.61. The van der Waals surface area contributed by atoms with E-state index in [9.17, 15) is 4.79 Å². The fraction of sp³-hybridized carbons (Fsp3) is 0.321. The summed E-state index contributed by atoms with van der Waals surface area (Å²) < 4.78 is 11.7. The maximum Gasteiger partial charge on any atom is 0.259 e. The topological polar surface area (TPSA) is 81.9 Å². The van der Waals surface area contributed by atoms with Crippen molar-refractivity contribution in [2.75, 3.05) is 55.7 Å². The quantitative estimate of drug-likeness (QED) is 0.484. The second-order valence-electron chi connectivity index (χ2n) is 9.11. The van der Waals surface area contributed by atoms with E-state index in [4.69, 9.17) is 26.3 Å². The molecule has 1 fully saturated rings. The molecule has 0 bridgehead atoms. The number of ether oxygens (including phenoxy) is 2. The Morgan fingerprint density at radius 2 is 1.84 bits per heavy atom. The zero-order chi connectivity index (χ0) is 25.8. The van der Waals surface area contributed by atoms with E-state index >= 15 is 0 Å². The summed E-state index contributed by atoms with van der Waals surface area (Å²) in [6.07, 6.45) is 1.55. The lowest BCUT2D eigenvalue weighted by Gasteiger charge is -2.41. The van der Waals surface area contributed by atoms with Gasteiger partial charge < -0.3 is 14.4 Å². The van der Waals surface area contributed by atoms with E-state index in [0.717, 1.165) is 43.4 Å². The standard InChI is InChI=1S/C28H28ClN5O3/c1-20(32-11-13-33(14-12-32)24-3-2-4-25-27(24)37-16-15-36-25)19-34(26-10-9-23(29)18-31-26)28(35)22-7-5-21(17-30)6-8-22/h2-10,18,20H,11-16,19H2,1H3/t20-/m1/s1. The van der Waals surface area contributed by atoms with Crippen molar-refractivity contribution in [2.45, 2.75) is 13.0 Å². The van der Waals surface area contributed by atoms with E-state index < -0.39 is 0 Å². The van der Waals surface area contributed by atoms with Gasteiger partial charge in [0.25, 0.3) is 5.91 Å². The normalized spacial score (nSPS) is 16.1. The molecule has 3 heterocycles. The molecule has 0 aliphatic carbocycles. The molecule has 0 radical (unpaired) electrons. The predicted molar refractivity (Wildman–Crippen MR) is 143 cm³/mol. The zero-order valence-electron chi connectivity index (χ0n) is 20.6. The van der Waals surface area contributed by atoms with Crippen molar-refractivity contribution in [3.8, 4) is 17.6 Å². The number of piperazine rings is 1. The van der Waals surface area contributed by atoms with Crippen LogP contribution in [0.1, 0.15) is 22.8 Å². The van der Waals surface area contributed by atoms with Crippen molar-refractivity contribution in [1.82, 2.24) is 9.88 Å². The van der Waals surface area contributed by atoms with Crippen LogP contribution in [0.15, 0.2) is 60.8 Å². The molecule has 1 atom stereocenters. The van der Waals surface area contributed by atoms with Crippen LogP contribution in [-0.4, -0.2) is 67.8 Å². The van der Waals surface area contributed by atoms with Gasteiger partial charge in [-0.1, -0.05) is 17.7 Å². The molecular weight excluding hydrogens is 490 g/mol. The van der Waals surface area contributed by atoms with Crippen LogP contribution in [0.3, 0.4) is 0 Å². The van der Waals surface area contributed by atoms with Gasteiger partial charge in [-0.05, 0) is 55.5 Å². The highest BCUT2D eigenvalue weighted by atomic mass is 35.5. The Bertz CT molecular complexity index is 1280. The maximum absolute atomic E-state index is 13.5. The lowest BCUT2D eigenvalue weighted by Crippen LogP contribution is -2.53. The summed E-state index contributed by atoms with van der Waals surface area (Å²) in [7, 11) is 0. The molecule has 0 unspecified atom stereocenters. The molecule has 9 heteroatoms. The Morgan fingerprint density at radius 1 is 1.08 bits per heavy atom. The molecule has 1 amide bonds. The first-order chi connectivity index (χ1) is 18.0. The number of para-hydroxylation sites is 1. The monoisotopic (exact) mass is 517 g/mol. The number of halogens is 1. The number of carbonyl (C=O) groups excluding carboxylic acids is 1. The molecule has 8 nitrogen and oxygen atoms in total. The van der Waals surface area contributed by atoms with Gasteiger partial charge in [0.15, 0.2) is 11.5 Å². The summed E-state index contributed by atoms with van der Waals surface area (Å²) in [5.41, 5.74) is 2.08. The highest BCUT2D eigenvalue weighted by molar-refractivity contribution is 6.30. The first-order valence-electron chi connectivity index (χ1n) is 12.3. The fourth-order valence-electron chi connectivity index (χ4n) is 4.74. The van der Waals surface area contributed by atoms with Crippen molar-refractivity contribution in [1.29, 1.82) is 5.26 Å². The highest BCUT2D eigenvalue weighted by Crippen LogP contribution is 2.39. The van der Waals surface area contributed by atoms with E-state index in [1.807, 2.05) is 12.1 Å². The van der Waals surface area contributed by atoms with Gasteiger partial charge in [-0.3, -0.25) is 14.6 Å². The minimum absolute atomic E-state index is 0.0891. The molecule has 1 aromatic heterocycles. The van der Waals surface area contributed by atoms with E-state index in [1.165, 1.54) is 0 Å². The van der Waals surface area contributed by atoms with Crippen molar-refractivity contribution in [3.05, 3.63) is 76.9 Å².